The lowest BCUT2D eigenvalue weighted by atomic mass is 10.1. The van der Waals surface area contributed by atoms with Gasteiger partial charge in [0.05, 0.1) is 7.11 Å². The van der Waals surface area contributed by atoms with Crippen LogP contribution in [0.5, 0.6) is 5.75 Å². The van der Waals surface area contributed by atoms with E-state index in [4.69, 9.17) is 4.74 Å². The van der Waals surface area contributed by atoms with Gasteiger partial charge in [-0.25, -0.2) is 0 Å². The van der Waals surface area contributed by atoms with E-state index in [0.717, 1.165) is 46.5 Å². The fourth-order valence-electron chi connectivity index (χ4n) is 3.64. The van der Waals surface area contributed by atoms with Crippen molar-refractivity contribution in [2.75, 3.05) is 18.2 Å². The molecule has 0 fully saturated rings. The number of nitrogens with zero attached hydrogens (tertiary/aromatic N) is 3. The number of para-hydroxylation sites is 1. The van der Waals surface area contributed by atoms with Gasteiger partial charge in [-0.2, -0.15) is 0 Å². The van der Waals surface area contributed by atoms with Gasteiger partial charge in [-0.1, -0.05) is 60.3 Å². The van der Waals surface area contributed by atoms with Crippen LogP contribution < -0.4 is 10.1 Å². The largest absolute Gasteiger partial charge is 0.497 e. The van der Waals surface area contributed by atoms with E-state index in [9.17, 15) is 4.79 Å². The first-order chi connectivity index (χ1) is 16.6. The molecule has 0 atom stereocenters. The van der Waals surface area contributed by atoms with Crippen molar-refractivity contribution < 1.29 is 9.53 Å². The molecule has 1 aromatic heterocycles. The first-order valence-corrected chi connectivity index (χ1v) is 12.2. The van der Waals surface area contributed by atoms with Gasteiger partial charge in [-0.15, -0.1) is 10.2 Å². The summed E-state index contributed by atoms with van der Waals surface area (Å²) in [7, 11) is 1.63. The second-order valence-electron chi connectivity index (χ2n) is 7.88. The van der Waals surface area contributed by atoms with Crippen molar-refractivity contribution in [1.82, 2.24) is 14.8 Å². The van der Waals surface area contributed by atoms with Crippen LogP contribution in [0.4, 0.5) is 5.69 Å². The SMILES string of the molecule is COc1ccc(NC(=O)CCSc2nnc(CCc3ccccc3)n2-c2ccccc2)c(C)c1. The molecule has 0 unspecified atom stereocenters. The van der Waals surface area contributed by atoms with E-state index in [2.05, 4.69) is 56.5 Å². The molecule has 1 amide bonds. The number of ether oxygens (including phenoxy) is 1. The minimum Gasteiger partial charge on any atom is -0.497 e. The summed E-state index contributed by atoms with van der Waals surface area (Å²) in [5.74, 6) is 2.26. The third-order valence-electron chi connectivity index (χ3n) is 5.46. The highest BCUT2D eigenvalue weighted by molar-refractivity contribution is 7.99. The first-order valence-electron chi connectivity index (χ1n) is 11.2. The maximum absolute atomic E-state index is 12.5. The molecule has 6 nitrogen and oxygen atoms in total. The van der Waals surface area contributed by atoms with E-state index in [0.29, 0.717) is 12.2 Å². The number of methoxy groups -OCH3 is 1. The van der Waals surface area contributed by atoms with Crippen molar-refractivity contribution in [2.45, 2.75) is 31.3 Å². The Bertz CT molecular complexity index is 1230. The number of carbonyl (C=O) groups is 1. The normalized spacial score (nSPS) is 10.8. The summed E-state index contributed by atoms with van der Waals surface area (Å²) < 4.78 is 7.33. The van der Waals surface area contributed by atoms with E-state index in [1.54, 1.807) is 18.9 Å². The number of nitrogens with one attached hydrogen (secondary N) is 1. The van der Waals surface area contributed by atoms with Gasteiger partial charge in [0.1, 0.15) is 11.6 Å². The molecule has 0 saturated carbocycles. The second-order valence-corrected chi connectivity index (χ2v) is 8.94. The quantitative estimate of drug-likeness (QED) is 0.309. The van der Waals surface area contributed by atoms with Crippen LogP contribution in [0.25, 0.3) is 5.69 Å². The number of carbonyl (C=O) groups excluding carboxylic acids is 1. The van der Waals surface area contributed by atoms with E-state index in [1.807, 2.05) is 49.4 Å². The average Bonchev–Trinajstić information content (AvgIpc) is 3.27. The number of hydrogen-bond acceptors (Lipinski definition) is 5. The summed E-state index contributed by atoms with van der Waals surface area (Å²) >= 11 is 1.54. The Labute approximate surface area is 204 Å². The van der Waals surface area contributed by atoms with Crippen LogP contribution >= 0.6 is 11.8 Å². The number of aryl methyl sites for hydroxylation is 3. The maximum Gasteiger partial charge on any atom is 0.225 e. The zero-order valence-electron chi connectivity index (χ0n) is 19.4. The van der Waals surface area contributed by atoms with Crippen LogP contribution in [-0.2, 0) is 17.6 Å². The van der Waals surface area contributed by atoms with Crippen LogP contribution in [-0.4, -0.2) is 33.5 Å². The third kappa shape index (κ3) is 6.05. The van der Waals surface area contributed by atoms with Gasteiger partial charge in [0.15, 0.2) is 5.16 Å². The Balaban J connectivity index is 1.41. The van der Waals surface area contributed by atoms with E-state index < -0.39 is 0 Å². The number of amides is 1. The highest BCUT2D eigenvalue weighted by atomic mass is 32.2. The zero-order valence-corrected chi connectivity index (χ0v) is 20.2. The lowest BCUT2D eigenvalue weighted by Gasteiger charge is -2.11. The molecule has 0 saturated heterocycles. The first kappa shape index (κ1) is 23.6. The van der Waals surface area contributed by atoms with Crippen LogP contribution in [0.15, 0.2) is 84.0 Å². The fourth-order valence-corrected chi connectivity index (χ4v) is 4.55. The van der Waals surface area contributed by atoms with Crippen molar-refractivity contribution in [1.29, 1.82) is 0 Å². The average molecular weight is 473 g/mol. The summed E-state index contributed by atoms with van der Waals surface area (Å²) in [5.41, 5.74) is 4.06. The van der Waals surface area contributed by atoms with Crippen LogP contribution in [0.3, 0.4) is 0 Å². The van der Waals surface area contributed by atoms with Gasteiger partial charge in [0.25, 0.3) is 0 Å². The van der Waals surface area contributed by atoms with Gasteiger partial charge in [-0.05, 0) is 54.8 Å². The van der Waals surface area contributed by atoms with Crippen LogP contribution in [0, 0.1) is 6.92 Å². The lowest BCUT2D eigenvalue weighted by molar-refractivity contribution is -0.115. The molecule has 1 heterocycles. The molecular formula is C27H28N4O2S. The minimum atomic E-state index is -0.0316. The molecule has 4 aromatic rings. The molecule has 1 N–H and O–H groups in total. The Morgan fingerprint density at radius 1 is 0.971 bits per heavy atom. The molecule has 7 heteroatoms. The minimum absolute atomic E-state index is 0.0316. The third-order valence-corrected chi connectivity index (χ3v) is 6.39. The molecule has 0 aliphatic heterocycles. The van der Waals surface area contributed by atoms with Crippen molar-refractivity contribution in [3.8, 4) is 11.4 Å². The molecule has 0 bridgehead atoms. The summed E-state index contributed by atoms with van der Waals surface area (Å²) in [6.07, 6.45) is 2.04. The number of aromatic nitrogens is 3. The van der Waals surface area contributed by atoms with E-state index >= 15 is 0 Å². The Hall–Kier alpha value is -3.58. The standard InChI is InChI=1S/C27H28N4O2S/c1-20-19-23(33-2)14-15-24(20)28-26(32)17-18-34-27-30-29-25(16-13-21-9-5-3-6-10-21)31(27)22-11-7-4-8-12-22/h3-12,14-15,19H,13,16-18H2,1-2H3,(H,28,32). The summed E-state index contributed by atoms with van der Waals surface area (Å²) in [6, 6.07) is 26.1. The molecular weight excluding hydrogens is 444 g/mol. The number of benzene rings is 3. The Morgan fingerprint density at radius 3 is 2.41 bits per heavy atom. The zero-order chi connectivity index (χ0) is 23.8. The monoisotopic (exact) mass is 472 g/mol. The molecule has 3 aromatic carbocycles. The Morgan fingerprint density at radius 2 is 1.71 bits per heavy atom. The van der Waals surface area contributed by atoms with E-state index in [1.165, 1.54) is 5.56 Å². The maximum atomic E-state index is 12.5. The smallest absolute Gasteiger partial charge is 0.225 e. The molecule has 0 aliphatic carbocycles. The molecule has 0 radical (unpaired) electrons. The van der Waals surface area contributed by atoms with E-state index in [-0.39, 0.29) is 5.91 Å². The predicted molar refractivity (Wildman–Crippen MR) is 137 cm³/mol. The lowest BCUT2D eigenvalue weighted by Crippen LogP contribution is -2.13. The van der Waals surface area contributed by atoms with Crippen molar-refractivity contribution >= 4 is 23.4 Å². The second kappa shape index (κ2) is 11.5. The summed E-state index contributed by atoms with van der Waals surface area (Å²) in [4.78, 5) is 12.5. The van der Waals surface area contributed by atoms with Gasteiger partial charge in [0.2, 0.25) is 5.91 Å². The van der Waals surface area contributed by atoms with Crippen LogP contribution in [0.2, 0.25) is 0 Å². The van der Waals surface area contributed by atoms with Gasteiger partial charge < -0.3 is 10.1 Å². The fraction of sp³-hybridized carbons (Fsp3) is 0.222. The van der Waals surface area contributed by atoms with Gasteiger partial charge >= 0.3 is 0 Å². The van der Waals surface area contributed by atoms with Crippen LogP contribution in [0.1, 0.15) is 23.4 Å². The summed E-state index contributed by atoms with van der Waals surface area (Å²) in [6.45, 7) is 1.95. The highest BCUT2D eigenvalue weighted by Crippen LogP contribution is 2.25. The van der Waals surface area contributed by atoms with Crippen molar-refractivity contribution in [3.63, 3.8) is 0 Å². The molecule has 34 heavy (non-hydrogen) atoms. The molecule has 0 spiro atoms. The number of thioether (sulfide) groups is 1. The van der Waals surface area contributed by atoms with Gasteiger partial charge in [-0.3, -0.25) is 9.36 Å². The summed E-state index contributed by atoms with van der Waals surface area (Å²) in [5, 5.41) is 12.7. The van der Waals surface area contributed by atoms with Crippen molar-refractivity contribution in [2.24, 2.45) is 0 Å². The molecule has 4 rings (SSSR count). The predicted octanol–water partition coefficient (Wildman–Crippen LogP) is 5.49. The molecule has 0 aliphatic rings. The topological polar surface area (TPSA) is 69.0 Å². The Kier molecular flexibility index (Phi) is 7.99. The van der Waals surface area contributed by atoms with Crippen molar-refractivity contribution in [3.05, 3.63) is 95.8 Å². The number of rotatable bonds is 10. The highest BCUT2D eigenvalue weighted by Gasteiger charge is 2.15. The molecule has 174 valence electrons. The number of hydrogen-bond donors (Lipinski definition) is 1. The number of anilines is 1. The van der Waals surface area contributed by atoms with Gasteiger partial charge in [0, 0.05) is 30.0 Å².